The number of amides is 1. The van der Waals surface area contributed by atoms with Gasteiger partial charge in [-0.15, -0.1) is 10.2 Å². The monoisotopic (exact) mass is 364 g/mol. The van der Waals surface area contributed by atoms with Crippen LogP contribution in [-0.4, -0.2) is 64.1 Å². The minimum atomic E-state index is -0.00721. The molecule has 8 nitrogen and oxygen atoms in total. The number of hydrogen-bond donors (Lipinski definition) is 0. The van der Waals surface area contributed by atoms with Gasteiger partial charge in [-0.1, -0.05) is 12.1 Å². The molecule has 3 aromatic rings. The first kappa shape index (κ1) is 17.0. The number of piperazine rings is 1. The lowest BCUT2D eigenvalue weighted by Crippen LogP contribution is -2.49. The Morgan fingerprint density at radius 1 is 0.963 bits per heavy atom. The van der Waals surface area contributed by atoms with Crippen LogP contribution in [0, 0.1) is 0 Å². The highest BCUT2D eigenvalue weighted by Crippen LogP contribution is 2.21. The topological polar surface area (TPSA) is 76.4 Å². The van der Waals surface area contributed by atoms with E-state index in [-0.39, 0.29) is 5.91 Å². The van der Waals surface area contributed by atoms with Gasteiger partial charge in [-0.2, -0.15) is 5.10 Å². The average Bonchev–Trinajstić information content (AvgIpc) is 3.28. The van der Waals surface area contributed by atoms with Crippen molar-refractivity contribution in [2.45, 2.75) is 0 Å². The summed E-state index contributed by atoms with van der Waals surface area (Å²) in [6, 6.07) is 13.0. The summed E-state index contributed by atoms with van der Waals surface area (Å²) in [5.74, 6) is 2.07. The second kappa shape index (κ2) is 7.45. The fourth-order valence-corrected chi connectivity index (χ4v) is 3.14. The molecule has 1 aliphatic heterocycles. The van der Waals surface area contributed by atoms with E-state index in [1.807, 2.05) is 41.4 Å². The molecule has 2 aromatic heterocycles. The van der Waals surface area contributed by atoms with Gasteiger partial charge in [0.1, 0.15) is 5.75 Å². The molecule has 27 heavy (non-hydrogen) atoms. The highest BCUT2D eigenvalue weighted by Gasteiger charge is 2.24. The van der Waals surface area contributed by atoms with E-state index in [1.54, 1.807) is 30.1 Å². The third-order valence-electron chi connectivity index (χ3n) is 4.60. The van der Waals surface area contributed by atoms with Gasteiger partial charge < -0.3 is 14.5 Å². The van der Waals surface area contributed by atoms with E-state index in [1.165, 1.54) is 0 Å². The van der Waals surface area contributed by atoms with Crippen LogP contribution in [0.2, 0.25) is 0 Å². The molecule has 8 heteroatoms. The molecule has 1 aliphatic rings. The normalized spacial score (nSPS) is 14.3. The van der Waals surface area contributed by atoms with Crippen molar-refractivity contribution in [1.82, 2.24) is 24.9 Å². The number of ether oxygens (including phenoxy) is 1. The van der Waals surface area contributed by atoms with E-state index < -0.39 is 0 Å². The number of anilines is 1. The van der Waals surface area contributed by atoms with Crippen LogP contribution in [0.15, 0.2) is 54.9 Å². The number of rotatable bonds is 4. The van der Waals surface area contributed by atoms with Crippen LogP contribution in [0.1, 0.15) is 10.4 Å². The summed E-state index contributed by atoms with van der Waals surface area (Å²) in [7, 11) is 1.58. The standard InChI is InChI=1S/C19H20N6O2/c1-27-16-6-3-2-5-15(16)19(26)24-13-11-23(12-14-24)17-7-8-18(22-21-17)25-10-4-9-20-25/h2-10H,11-14H2,1H3. The number of benzene rings is 1. The summed E-state index contributed by atoms with van der Waals surface area (Å²) in [4.78, 5) is 16.8. The number of para-hydroxylation sites is 1. The molecule has 0 unspecified atom stereocenters. The highest BCUT2D eigenvalue weighted by molar-refractivity contribution is 5.97. The van der Waals surface area contributed by atoms with Crippen LogP contribution in [0.3, 0.4) is 0 Å². The molecule has 3 heterocycles. The molecule has 1 fully saturated rings. The molecular weight excluding hydrogens is 344 g/mol. The molecule has 4 rings (SSSR count). The van der Waals surface area contributed by atoms with Gasteiger partial charge in [0.05, 0.1) is 12.7 Å². The minimum Gasteiger partial charge on any atom is -0.496 e. The van der Waals surface area contributed by atoms with Crippen LogP contribution in [0.25, 0.3) is 5.82 Å². The van der Waals surface area contributed by atoms with E-state index >= 15 is 0 Å². The second-order valence-electron chi connectivity index (χ2n) is 6.18. The van der Waals surface area contributed by atoms with Crippen molar-refractivity contribution in [3.05, 3.63) is 60.4 Å². The fraction of sp³-hybridized carbons (Fsp3) is 0.263. The Labute approximate surface area is 157 Å². The number of hydrogen-bond acceptors (Lipinski definition) is 6. The first-order valence-corrected chi connectivity index (χ1v) is 8.77. The maximum absolute atomic E-state index is 12.8. The molecule has 1 saturated heterocycles. The average molecular weight is 364 g/mol. The van der Waals surface area contributed by atoms with E-state index in [2.05, 4.69) is 20.2 Å². The molecule has 0 saturated carbocycles. The Hall–Kier alpha value is -3.42. The van der Waals surface area contributed by atoms with Crippen LogP contribution < -0.4 is 9.64 Å². The Bertz CT molecular complexity index is 902. The SMILES string of the molecule is COc1ccccc1C(=O)N1CCN(c2ccc(-n3cccn3)nn2)CC1. The number of nitrogens with zero attached hydrogens (tertiary/aromatic N) is 6. The van der Waals surface area contributed by atoms with Crippen LogP contribution in [0.4, 0.5) is 5.82 Å². The van der Waals surface area contributed by atoms with Crippen molar-refractivity contribution < 1.29 is 9.53 Å². The number of carbonyl (C=O) groups excluding carboxylic acids is 1. The third kappa shape index (κ3) is 3.46. The highest BCUT2D eigenvalue weighted by atomic mass is 16.5. The molecule has 0 spiro atoms. The quantitative estimate of drug-likeness (QED) is 0.700. The zero-order valence-electron chi connectivity index (χ0n) is 15.0. The first-order chi connectivity index (χ1) is 13.3. The molecule has 0 atom stereocenters. The van der Waals surface area contributed by atoms with Gasteiger partial charge in [-0.3, -0.25) is 4.79 Å². The molecule has 0 aliphatic carbocycles. The first-order valence-electron chi connectivity index (χ1n) is 8.77. The summed E-state index contributed by atoms with van der Waals surface area (Å²) in [5, 5.41) is 12.7. The predicted octanol–water partition coefficient (Wildman–Crippen LogP) is 1.63. The van der Waals surface area contributed by atoms with Gasteiger partial charge in [0.25, 0.3) is 5.91 Å². The minimum absolute atomic E-state index is 0.00721. The summed E-state index contributed by atoms with van der Waals surface area (Å²) in [6.45, 7) is 2.66. The van der Waals surface area contributed by atoms with Gasteiger partial charge >= 0.3 is 0 Å². The summed E-state index contributed by atoms with van der Waals surface area (Å²) in [5.41, 5.74) is 0.594. The zero-order chi connectivity index (χ0) is 18.6. The number of methoxy groups -OCH3 is 1. The summed E-state index contributed by atoms with van der Waals surface area (Å²) < 4.78 is 6.97. The molecular formula is C19H20N6O2. The predicted molar refractivity (Wildman–Crippen MR) is 100 cm³/mol. The lowest BCUT2D eigenvalue weighted by Gasteiger charge is -2.35. The Balaban J connectivity index is 1.41. The van der Waals surface area contributed by atoms with Crippen molar-refractivity contribution in [3.63, 3.8) is 0 Å². The molecule has 1 aromatic carbocycles. The van der Waals surface area contributed by atoms with Crippen LogP contribution >= 0.6 is 0 Å². The summed E-state index contributed by atoms with van der Waals surface area (Å²) in [6.07, 6.45) is 3.53. The Morgan fingerprint density at radius 3 is 2.37 bits per heavy atom. The largest absolute Gasteiger partial charge is 0.496 e. The Morgan fingerprint density at radius 2 is 1.70 bits per heavy atom. The second-order valence-corrected chi connectivity index (χ2v) is 6.18. The van der Waals surface area contributed by atoms with E-state index in [0.717, 1.165) is 5.82 Å². The molecule has 138 valence electrons. The smallest absolute Gasteiger partial charge is 0.257 e. The molecule has 0 bridgehead atoms. The Kier molecular flexibility index (Phi) is 4.69. The fourth-order valence-electron chi connectivity index (χ4n) is 3.14. The van der Waals surface area contributed by atoms with Crippen molar-refractivity contribution in [1.29, 1.82) is 0 Å². The lowest BCUT2D eigenvalue weighted by molar-refractivity contribution is 0.0743. The maximum atomic E-state index is 12.8. The number of carbonyl (C=O) groups is 1. The van der Waals surface area contributed by atoms with Crippen molar-refractivity contribution in [2.75, 3.05) is 38.2 Å². The zero-order valence-corrected chi connectivity index (χ0v) is 15.0. The maximum Gasteiger partial charge on any atom is 0.257 e. The van der Waals surface area contributed by atoms with E-state index in [9.17, 15) is 4.79 Å². The molecule has 1 amide bonds. The van der Waals surface area contributed by atoms with Gasteiger partial charge in [0.15, 0.2) is 11.6 Å². The molecule has 0 radical (unpaired) electrons. The third-order valence-corrected chi connectivity index (χ3v) is 4.60. The van der Waals surface area contributed by atoms with E-state index in [0.29, 0.717) is 43.3 Å². The van der Waals surface area contributed by atoms with Crippen LogP contribution in [0.5, 0.6) is 5.75 Å². The van der Waals surface area contributed by atoms with Crippen molar-refractivity contribution in [3.8, 4) is 11.6 Å². The van der Waals surface area contributed by atoms with Gasteiger partial charge in [-0.25, -0.2) is 4.68 Å². The lowest BCUT2D eigenvalue weighted by atomic mass is 10.1. The number of aromatic nitrogens is 4. The van der Waals surface area contributed by atoms with Gasteiger partial charge in [0.2, 0.25) is 0 Å². The van der Waals surface area contributed by atoms with Gasteiger partial charge in [-0.05, 0) is 30.3 Å². The van der Waals surface area contributed by atoms with Crippen LogP contribution in [-0.2, 0) is 0 Å². The van der Waals surface area contributed by atoms with E-state index in [4.69, 9.17) is 4.74 Å². The van der Waals surface area contributed by atoms with Crippen molar-refractivity contribution >= 4 is 11.7 Å². The van der Waals surface area contributed by atoms with Crippen molar-refractivity contribution in [2.24, 2.45) is 0 Å². The summed E-state index contributed by atoms with van der Waals surface area (Å²) >= 11 is 0. The van der Waals surface area contributed by atoms with Gasteiger partial charge in [0, 0.05) is 38.6 Å². The molecule has 0 N–H and O–H groups in total.